The van der Waals surface area contributed by atoms with Crippen LogP contribution in [0.2, 0.25) is 5.02 Å². The second-order valence-electron chi connectivity index (χ2n) is 4.30. The van der Waals surface area contributed by atoms with Gasteiger partial charge in [-0.1, -0.05) is 23.7 Å². The smallest absolute Gasteiger partial charge is 0.0537 e. The third-order valence-corrected chi connectivity index (χ3v) is 3.33. The lowest BCUT2D eigenvalue weighted by atomic mass is 10.0. The van der Waals surface area contributed by atoms with Gasteiger partial charge < -0.3 is 5.32 Å². The maximum absolute atomic E-state index is 5.89. The quantitative estimate of drug-likeness (QED) is 0.899. The lowest BCUT2D eigenvalue weighted by Gasteiger charge is -2.14. The number of nitrogens with zero attached hydrogens (tertiary/aromatic N) is 2. The summed E-state index contributed by atoms with van der Waals surface area (Å²) in [6.45, 7) is 2.99. The van der Waals surface area contributed by atoms with E-state index in [0.29, 0.717) is 0 Å². The summed E-state index contributed by atoms with van der Waals surface area (Å²) < 4.78 is 1.95. The molecule has 3 nitrogen and oxygen atoms in total. The molecule has 0 aliphatic carbocycles. The second-order valence-corrected chi connectivity index (χ2v) is 4.74. The predicted octanol–water partition coefficient (Wildman–Crippen LogP) is 3.06. The van der Waals surface area contributed by atoms with Gasteiger partial charge in [0.15, 0.2) is 0 Å². The van der Waals surface area contributed by atoms with Crippen molar-refractivity contribution in [1.29, 1.82) is 0 Å². The molecule has 0 saturated heterocycles. The number of hydrogen-bond donors (Lipinski definition) is 1. The third kappa shape index (κ3) is 3.12. The van der Waals surface area contributed by atoms with Crippen LogP contribution in [0, 0.1) is 0 Å². The van der Waals surface area contributed by atoms with Gasteiger partial charge in [0.2, 0.25) is 0 Å². The summed E-state index contributed by atoms with van der Waals surface area (Å²) in [5.74, 6) is 0. The van der Waals surface area contributed by atoms with E-state index in [9.17, 15) is 0 Å². The van der Waals surface area contributed by atoms with Gasteiger partial charge in [-0.25, -0.2) is 0 Å². The Balaban J connectivity index is 2.11. The molecule has 2 aromatic rings. The van der Waals surface area contributed by atoms with E-state index in [-0.39, 0.29) is 6.04 Å². The van der Waals surface area contributed by atoms with Crippen LogP contribution in [0.5, 0.6) is 0 Å². The van der Waals surface area contributed by atoms with Gasteiger partial charge in [-0.15, -0.1) is 0 Å². The highest BCUT2D eigenvalue weighted by atomic mass is 35.5. The molecule has 0 amide bonds. The standard InChI is InChI=1S/C14H18ClN3/c1-3-18-10-12(9-17-18)14(16-2)8-11-4-6-13(15)7-5-11/h4-7,9-10,14,16H,3,8H2,1-2H3. The Morgan fingerprint density at radius 3 is 2.61 bits per heavy atom. The SMILES string of the molecule is CCn1cc(C(Cc2ccc(Cl)cc2)NC)cn1. The highest BCUT2D eigenvalue weighted by Gasteiger charge is 2.12. The Hall–Kier alpha value is -1.32. The minimum Gasteiger partial charge on any atom is -0.313 e. The number of rotatable bonds is 5. The molecule has 0 aliphatic heterocycles. The Bertz CT molecular complexity index is 490. The van der Waals surface area contributed by atoms with E-state index >= 15 is 0 Å². The summed E-state index contributed by atoms with van der Waals surface area (Å²) in [6, 6.07) is 8.28. The van der Waals surface area contributed by atoms with Gasteiger partial charge in [-0.2, -0.15) is 5.10 Å². The van der Waals surface area contributed by atoms with Crippen molar-refractivity contribution >= 4 is 11.6 Å². The number of benzene rings is 1. The van der Waals surface area contributed by atoms with Crippen LogP contribution in [0.15, 0.2) is 36.7 Å². The molecular weight excluding hydrogens is 246 g/mol. The summed E-state index contributed by atoms with van der Waals surface area (Å²) in [5.41, 5.74) is 2.48. The van der Waals surface area contributed by atoms with Gasteiger partial charge in [0, 0.05) is 29.4 Å². The van der Waals surface area contributed by atoms with Gasteiger partial charge in [-0.05, 0) is 38.1 Å². The zero-order valence-electron chi connectivity index (χ0n) is 10.7. The van der Waals surface area contributed by atoms with Crippen LogP contribution < -0.4 is 5.32 Å². The highest BCUT2D eigenvalue weighted by Crippen LogP contribution is 2.19. The summed E-state index contributed by atoms with van der Waals surface area (Å²) in [6.07, 6.45) is 4.96. The first kappa shape index (κ1) is 13.1. The molecule has 4 heteroatoms. The van der Waals surface area contributed by atoms with Gasteiger partial charge in [0.05, 0.1) is 6.20 Å². The summed E-state index contributed by atoms with van der Waals surface area (Å²) in [5, 5.41) is 8.42. The minimum absolute atomic E-state index is 0.284. The van der Waals surface area contributed by atoms with Gasteiger partial charge in [0.1, 0.15) is 0 Å². The topological polar surface area (TPSA) is 29.9 Å². The number of halogens is 1. The van der Waals surface area contributed by atoms with E-state index < -0.39 is 0 Å². The first-order chi connectivity index (χ1) is 8.72. The van der Waals surface area contributed by atoms with Crippen molar-refractivity contribution in [2.75, 3.05) is 7.05 Å². The molecule has 1 aromatic heterocycles. The molecule has 1 N–H and O–H groups in total. The maximum Gasteiger partial charge on any atom is 0.0537 e. The van der Waals surface area contributed by atoms with E-state index in [4.69, 9.17) is 11.6 Å². The van der Waals surface area contributed by atoms with Crippen LogP contribution in [0.4, 0.5) is 0 Å². The molecule has 0 fully saturated rings. The van der Waals surface area contributed by atoms with Crippen molar-refractivity contribution in [3.8, 4) is 0 Å². The van der Waals surface area contributed by atoms with Crippen molar-refractivity contribution in [2.24, 2.45) is 0 Å². The normalized spacial score (nSPS) is 12.6. The largest absolute Gasteiger partial charge is 0.313 e. The monoisotopic (exact) mass is 263 g/mol. The van der Waals surface area contributed by atoms with Crippen LogP contribution in [-0.2, 0) is 13.0 Å². The van der Waals surface area contributed by atoms with E-state index in [1.165, 1.54) is 11.1 Å². The van der Waals surface area contributed by atoms with Crippen molar-refractivity contribution in [3.63, 3.8) is 0 Å². The maximum atomic E-state index is 5.89. The van der Waals surface area contributed by atoms with E-state index in [0.717, 1.165) is 18.0 Å². The Kier molecular flexibility index (Phi) is 4.39. The van der Waals surface area contributed by atoms with Crippen molar-refractivity contribution in [1.82, 2.24) is 15.1 Å². The van der Waals surface area contributed by atoms with E-state index in [1.54, 1.807) is 0 Å². The number of aryl methyl sites for hydroxylation is 1. The molecule has 1 unspecified atom stereocenters. The average molecular weight is 264 g/mol. The Morgan fingerprint density at radius 2 is 2.06 bits per heavy atom. The molecule has 0 aliphatic rings. The second kappa shape index (κ2) is 6.03. The van der Waals surface area contributed by atoms with Crippen LogP contribution in [0.25, 0.3) is 0 Å². The van der Waals surface area contributed by atoms with E-state index in [2.05, 4.69) is 35.7 Å². The van der Waals surface area contributed by atoms with Crippen LogP contribution in [0.3, 0.4) is 0 Å². The fraction of sp³-hybridized carbons (Fsp3) is 0.357. The molecule has 0 spiro atoms. The van der Waals surface area contributed by atoms with Crippen LogP contribution in [-0.4, -0.2) is 16.8 Å². The number of nitrogens with one attached hydrogen (secondary N) is 1. The minimum atomic E-state index is 0.284. The van der Waals surface area contributed by atoms with Crippen LogP contribution in [0.1, 0.15) is 24.1 Å². The molecule has 2 rings (SSSR count). The zero-order chi connectivity index (χ0) is 13.0. The fourth-order valence-corrected chi connectivity index (χ4v) is 2.10. The highest BCUT2D eigenvalue weighted by molar-refractivity contribution is 6.30. The number of aromatic nitrogens is 2. The fourth-order valence-electron chi connectivity index (χ4n) is 1.98. The molecule has 0 saturated carbocycles. The van der Waals surface area contributed by atoms with Crippen LogP contribution >= 0.6 is 11.6 Å². The molecule has 18 heavy (non-hydrogen) atoms. The zero-order valence-corrected chi connectivity index (χ0v) is 11.5. The van der Waals surface area contributed by atoms with Crippen molar-refractivity contribution in [3.05, 3.63) is 52.8 Å². The van der Waals surface area contributed by atoms with Crippen molar-refractivity contribution in [2.45, 2.75) is 25.9 Å². The first-order valence-electron chi connectivity index (χ1n) is 6.17. The van der Waals surface area contributed by atoms with Gasteiger partial charge in [-0.3, -0.25) is 4.68 Å². The lowest BCUT2D eigenvalue weighted by molar-refractivity contribution is 0.589. The Morgan fingerprint density at radius 1 is 1.33 bits per heavy atom. The van der Waals surface area contributed by atoms with Gasteiger partial charge in [0.25, 0.3) is 0 Å². The number of hydrogen-bond acceptors (Lipinski definition) is 2. The molecular formula is C14H18ClN3. The molecule has 0 radical (unpaired) electrons. The molecule has 1 atom stereocenters. The molecule has 96 valence electrons. The van der Waals surface area contributed by atoms with Crippen molar-refractivity contribution < 1.29 is 0 Å². The summed E-state index contributed by atoms with van der Waals surface area (Å²) in [7, 11) is 1.98. The first-order valence-corrected chi connectivity index (χ1v) is 6.54. The summed E-state index contributed by atoms with van der Waals surface area (Å²) in [4.78, 5) is 0. The van der Waals surface area contributed by atoms with E-state index in [1.807, 2.05) is 30.1 Å². The molecule has 1 heterocycles. The predicted molar refractivity (Wildman–Crippen MR) is 74.9 cm³/mol. The molecule has 1 aromatic carbocycles. The summed E-state index contributed by atoms with van der Waals surface area (Å²) >= 11 is 5.89. The Labute approximate surface area is 113 Å². The third-order valence-electron chi connectivity index (χ3n) is 3.08. The lowest BCUT2D eigenvalue weighted by Crippen LogP contribution is -2.18. The average Bonchev–Trinajstić information content (AvgIpc) is 2.87. The molecule has 0 bridgehead atoms. The van der Waals surface area contributed by atoms with Gasteiger partial charge >= 0.3 is 0 Å². The number of likely N-dealkylation sites (N-methyl/N-ethyl adjacent to an activating group) is 1.